The Hall–Kier alpha value is -1.65. The first-order chi connectivity index (χ1) is 11.2. The van der Waals surface area contributed by atoms with Crippen LogP contribution in [-0.2, 0) is 6.42 Å². The average Bonchev–Trinajstić information content (AvgIpc) is 3.23. The van der Waals surface area contributed by atoms with E-state index < -0.39 is 0 Å². The first-order valence-corrected chi connectivity index (χ1v) is 9.15. The quantitative estimate of drug-likeness (QED) is 0.689. The van der Waals surface area contributed by atoms with Crippen LogP contribution in [0.15, 0.2) is 36.0 Å². The number of rotatable bonds is 3. The van der Waals surface area contributed by atoms with E-state index in [1.807, 2.05) is 19.3 Å². The van der Waals surface area contributed by atoms with Gasteiger partial charge in [-0.1, -0.05) is 23.7 Å². The second-order valence-electron chi connectivity index (χ2n) is 6.15. The molecule has 2 aromatic heterocycles. The van der Waals surface area contributed by atoms with E-state index in [0.29, 0.717) is 5.92 Å². The van der Waals surface area contributed by atoms with E-state index >= 15 is 0 Å². The summed E-state index contributed by atoms with van der Waals surface area (Å²) in [5.74, 6) is 0.672. The average molecular weight is 344 g/mol. The van der Waals surface area contributed by atoms with Gasteiger partial charge in [0.2, 0.25) is 0 Å². The maximum atomic E-state index is 6.44. The Balaban J connectivity index is 1.61. The zero-order valence-electron chi connectivity index (χ0n) is 13.0. The Bertz CT molecular complexity index is 832. The second kappa shape index (κ2) is 6.10. The minimum atomic E-state index is 0.672. The predicted molar refractivity (Wildman–Crippen MR) is 97.6 cm³/mol. The predicted octanol–water partition coefficient (Wildman–Crippen LogP) is 4.72. The highest BCUT2D eigenvalue weighted by molar-refractivity contribution is 7.09. The zero-order valence-corrected chi connectivity index (χ0v) is 14.6. The molecule has 3 heterocycles. The third-order valence-corrected chi connectivity index (χ3v) is 5.87. The van der Waals surface area contributed by atoms with Gasteiger partial charge in [0, 0.05) is 48.4 Å². The summed E-state index contributed by atoms with van der Waals surface area (Å²) < 4.78 is 0. The molecule has 3 nitrogen and oxygen atoms in total. The molecular formula is C18H18ClN3S. The molecule has 0 saturated carbocycles. The highest BCUT2D eigenvalue weighted by Crippen LogP contribution is 2.34. The molecule has 23 heavy (non-hydrogen) atoms. The number of aryl methyl sites for hydroxylation is 1. The van der Waals surface area contributed by atoms with Gasteiger partial charge in [-0.2, -0.15) is 0 Å². The fourth-order valence-electron chi connectivity index (χ4n) is 3.37. The number of fused-ring (bicyclic) bond motifs is 1. The number of aromatic nitrogens is 2. The Morgan fingerprint density at radius 2 is 2.17 bits per heavy atom. The molecule has 0 aliphatic carbocycles. The summed E-state index contributed by atoms with van der Waals surface area (Å²) in [5, 5.41) is 5.22. The standard InChI is InChI=1S/C18H18ClN3S/c1-12-2-3-14-15(4-6-21-18(14)17(12)19)22-8-5-13(11-22)10-16-20-7-9-23-16/h2-4,6-7,9,13H,5,8,10-11H2,1H3. The van der Waals surface area contributed by atoms with Crippen LogP contribution in [-0.4, -0.2) is 23.1 Å². The lowest BCUT2D eigenvalue weighted by molar-refractivity contribution is 0.585. The molecule has 0 spiro atoms. The van der Waals surface area contributed by atoms with Crippen LogP contribution in [0.4, 0.5) is 5.69 Å². The molecular weight excluding hydrogens is 326 g/mol. The molecule has 1 unspecified atom stereocenters. The molecule has 3 aromatic rings. The Morgan fingerprint density at radius 1 is 1.26 bits per heavy atom. The van der Waals surface area contributed by atoms with Gasteiger partial charge in [0.25, 0.3) is 0 Å². The number of hydrogen-bond donors (Lipinski definition) is 0. The minimum absolute atomic E-state index is 0.672. The molecule has 5 heteroatoms. The first-order valence-electron chi connectivity index (χ1n) is 7.89. The lowest BCUT2D eigenvalue weighted by Gasteiger charge is -2.21. The van der Waals surface area contributed by atoms with Crippen molar-refractivity contribution in [3.05, 3.63) is 51.6 Å². The molecule has 0 radical (unpaired) electrons. The smallest absolute Gasteiger partial charge is 0.0928 e. The van der Waals surface area contributed by atoms with Crippen molar-refractivity contribution in [1.82, 2.24) is 9.97 Å². The van der Waals surface area contributed by atoms with Gasteiger partial charge in [-0.25, -0.2) is 4.98 Å². The van der Waals surface area contributed by atoms with E-state index in [0.717, 1.165) is 41.0 Å². The summed E-state index contributed by atoms with van der Waals surface area (Å²) in [4.78, 5) is 11.4. The van der Waals surface area contributed by atoms with E-state index in [2.05, 4.69) is 38.4 Å². The van der Waals surface area contributed by atoms with Gasteiger partial charge in [-0.05, 0) is 30.9 Å². The van der Waals surface area contributed by atoms with Crippen molar-refractivity contribution in [2.24, 2.45) is 5.92 Å². The molecule has 1 aromatic carbocycles. The van der Waals surface area contributed by atoms with Crippen LogP contribution in [0.1, 0.15) is 17.0 Å². The summed E-state index contributed by atoms with van der Waals surface area (Å²) in [7, 11) is 0. The summed E-state index contributed by atoms with van der Waals surface area (Å²) in [5.41, 5.74) is 3.23. The topological polar surface area (TPSA) is 29.0 Å². The molecule has 0 N–H and O–H groups in total. The maximum absolute atomic E-state index is 6.44. The first kappa shape index (κ1) is 14.9. The van der Waals surface area contributed by atoms with E-state index in [9.17, 15) is 0 Å². The maximum Gasteiger partial charge on any atom is 0.0928 e. The summed E-state index contributed by atoms with van der Waals surface area (Å²) in [6.45, 7) is 4.18. The third-order valence-electron chi connectivity index (χ3n) is 4.59. The number of nitrogens with zero attached hydrogens (tertiary/aromatic N) is 3. The second-order valence-corrected chi connectivity index (χ2v) is 7.51. The van der Waals surface area contributed by atoms with E-state index in [1.54, 1.807) is 11.3 Å². The number of halogens is 1. The molecule has 1 atom stereocenters. The Morgan fingerprint density at radius 3 is 3.00 bits per heavy atom. The van der Waals surface area contributed by atoms with Gasteiger partial charge in [0.15, 0.2) is 0 Å². The highest BCUT2D eigenvalue weighted by atomic mass is 35.5. The van der Waals surface area contributed by atoms with E-state index in [1.165, 1.54) is 17.1 Å². The van der Waals surface area contributed by atoms with Crippen LogP contribution in [0.25, 0.3) is 10.9 Å². The van der Waals surface area contributed by atoms with Crippen molar-refractivity contribution >= 4 is 39.5 Å². The molecule has 1 saturated heterocycles. The zero-order chi connectivity index (χ0) is 15.8. The normalized spacial score (nSPS) is 18.0. The third kappa shape index (κ3) is 2.81. The monoisotopic (exact) mass is 343 g/mol. The number of benzene rings is 1. The SMILES string of the molecule is Cc1ccc2c(N3CCC(Cc4nccs4)C3)ccnc2c1Cl. The molecule has 1 aliphatic heterocycles. The van der Waals surface area contributed by atoms with E-state index in [4.69, 9.17) is 11.6 Å². The molecule has 4 rings (SSSR count). The van der Waals surface area contributed by atoms with Gasteiger partial charge < -0.3 is 4.90 Å². The van der Waals surface area contributed by atoms with Crippen molar-refractivity contribution < 1.29 is 0 Å². The number of hydrogen-bond acceptors (Lipinski definition) is 4. The van der Waals surface area contributed by atoms with Crippen LogP contribution in [0.5, 0.6) is 0 Å². The van der Waals surface area contributed by atoms with Gasteiger partial charge in [0.1, 0.15) is 0 Å². The minimum Gasteiger partial charge on any atom is -0.371 e. The van der Waals surface area contributed by atoms with Crippen LogP contribution in [0.2, 0.25) is 5.02 Å². The number of thiazole rings is 1. The van der Waals surface area contributed by atoms with Crippen molar-refractivity contribution in [2.75, 3.05) is 18.0 Å². The molecule has 1 aliphatic rings. The molecule has 1 fully saturated rings. The van der Waals surface area contributed by atoms with Crippen molar-refractivity contribution in [2.45, 2.75) is 19.8 Å². The number of anilines is 1. The van der Waals surface area contributed by atoms with Gasteiger partial charge in [-0.15, -0.1) is 11.3 Å². The largest absolute Gasteiger partial charge is 0.371 e. The summed E-state index contributed by atoms with van der Waals surface area (Å²) in [6, 6.07) is 6.34. The number of pyridine rings is 1. The molecule has 118 valence electrons. The Kier molecular flexibility index (Phi) is 3.95. The van der Waals surface area contributed by atoms with Crippen LogP contribution in [0.3, 0.4) is 0 Å². The fraction of sp³-hybridized carbons (Fsp3) is 0.333. The van der Waals surface area contributed by atoms with Crippen LogP contribution in [0, 0.1) is 12.8 Å². The lowest BCUT2D eigenvalue weighted by Crippen LogP contribution is -2.20. The van der Waals surface area contributed by atoms with E-state index in [-0.39, 0.29) is 0 Å². The lowest BCUT2D eigenvalue weighted by atomic mass is 10.1. The van der Waals surface area contributed by atoms with Crippen LogP contribution >= 0.6 is 22.9 Å². The Labute approximate surface area is 144 Å². The van der Waals surface area contributed by atoms with Gasteiger partial charge in [0.05, 0.1) is 15.5 Å². The van der Waals surface area contributed by atoms with Crippen molar-refractivity contribution in [3.8, 4) is 0 Å². The molecule has 0 amide bonds. The van der Waals surface area contributed by atoms with Crippen LogP contribution < -0.4 is 4.90 Å². The molecule has 0 bridgehead atoms. The highest BCUT2D eigenvalue weighted by Gasteiger charge is 2.25. The van der Waals surface area contributed by atoms with Gasteiger partial charge in [-0.3, -0.25) is 4.98 Å². The van der Waals surface area contributed by atoms with Crippen molar-refractivity contribution in [1.29, 1.82) is 0 Å². The van der Waals surface area contributed by atoms with Gasteiger partial charge >= 0.3 is 0 Å². The summed E-state index contributed by atoms with van der Waals surface area (Å²) in [6.07, 6.45) is 6.06. The summed E-state index contributed by atoms with van der Waals surface area (Å²) >= 11 is 8.20. The van der Waals surface area contributed by atoms with Crippen molar-refractivity contribution in [3.63, 3.8) is 0 Å². The fourth-order valence-corrected chi connectivity index (χ4v) is 4.31.